The van der Waals surface area contributed by atoms with Crippen LogP contribution in [0.2, 0.25) is 0 Å². The van der Waals surface area contributed by atoms with E-state index in [1.807, 2.05) is 12.2 Å². The van der Waals surface area contributed by atoms with Crippen molar-refractivity contribution in [2.45, 2.75) is 46.0 Å². The first kappa shape index (κ1) is 16.0. The van der Waals surface area contributed by atoms with Gasteiger partial charge in [0.1, 0.15) is 0 Å². The van der Waals surface area contributed by atoms with E-state index in [-0.39, 0.29) is 0 Å². The number of likely N-dealkylation sites (tertiary alicyclic amines) is 1. The van der Waals surface area contributed by atoms with E-state index >= 15 is 0 Å². The third kappa shape index (κ3) is 7.22. The van der Waals surface area contributed by atoms with E-state index in [4.69, 9.17) is 0 Å². The lowest BCUT2D eigenvalue weighted by atomic mass is 9.95. The van der Waals surface area contributed by atoms with E-state index in [2.05, 4.69) is 18.4 Å². The molecule has 1 fully saturated rings. The molecule has 0 bridgehead atoms. The van der Waals surface area contributed by atoms with Gasteiger partial charge in [-0.1, -0.05) is 24.6 Å². The van der Waals surface area contributed by atoms with Gasteiger partial charge in [-0.15, -0.1) is 6.58 Å². The predicted octanol–water partition coefficient (Wildman–Crippen LogP) is 4.46. The summed E-state index contributed by atoms with van der Waals surface area (Å²) in [5, 5.41) is 9.23. The molecule has 108 valence electrons. The molecule has 0 aliphatic carbocycles. The van der Waals surface area contributed by atoms with Crippen molar-refractivity contribution in [3.8, 4) is 0 Å². The molecular formula is C17H29NO. The highest BCUT2D eigenvalue weighted by Gasteiger charge is 2.13. The molecule has 1 heterocycles. The number of hydrogen-bond donors (Lipinski definition) is 1. The summed E-state index contributed by atoms with van der Waals surface area (Å²) in [6.45, 7) is 11.6. The molecule has 19 heavy (non-hydrogen) atoms. The van der Waals surface area contributed by atoms with Crippen LogP contribution in [0.15, 0.2) is 36.1 Å². The first-order valence-electron chi connectivity index (χ1n) is 7.50. The highest BCUT2D eigenvalue weighted by Crippen LogP contribution is 2.20. The van der Waals surface area contributed by atoms with Crippen molar-refractivity contribution in [1.29, 1.82) is 0 Å². The zero-order valence-corrected chi connectivity index (χ0v) is 12.6. The summed E-state index contributed by atoms with van der Waals surface area (Å²) in [4.78, 5) is 2.57. The van der Waals surface area contributed by atoms with Crippen LogP contribution < -0.4 is 0 Å². The second kappa shape index (κ2) is 8.98. The summed E-state index contributed by atoms with van der Waals surface area (Å²) in [6, 6.07) is 0. The molecule has 0 saturated carbocycles. The number of allylic oxidation sites excluding steroid dienone is 5. The highest BCUT2D eigenvalue weighted by atomic mass is 16.3. The zero-order valence-electron chi connectivity index (χ0n) is 12.6. The fourth-order valence-corrected chi connectivity index (χ4v) is 2.60. The average molecular weight is 263 g/mol. The average Bonchev–Trinajstić information content (AvgIpc) is 2.87. The molecule has 1 aliphatic rings. The molecule has 0 amide bonds. The van der Waals surface area contributed by atoms with Gasteiger partial charge in [0.15, 0.2) is 0 Å². The third-order valence-electron chi connectivity index (χ3n) is 3.71. The van der Waals surface area contributed by atoms with Crippen molar-refractivity contribution in [1.82, 2.24) is 4.90 Å². The summed E-state index contributed by atoms with van der Waals surface area (Å²) in [7, 11) is 0. The second-order valence-electron chi connectivity index (χ2n) is 5.77. The Morgan fingerprint density at radius 2 is 2.00 bits per heavy atom. The van der Waals surface area contributed by atoms with Crippen molar-refractivity contribution in [3.05, 3.63) is 36.1 Å². The van der Waals surface area contributed by atoms with Gasteiger partial charge < -0.3 is 10.0 Å². The maximum Gasteiger partial charge on any atom is 0.0891 e. The first-order chi connectivity index (χ1) is 9.11. The van der Waals surface area contributed by atoms with Crippen LogP contribution in [-0.4, -0.2) is 29.6 Å². The molecule has 0 spiro atoms. The molecule has 1 aliphatic heterocycles. The molecule has 0 radical (unpaired) electrons. The summed E-state index contributed by atoms with van der Waals surface area (Å²) in [5.74, 6) is 1.06. The van der Waals surface area contributed by atoms with Gasteiger partial charge in [-0.2, -0.15) is 0 Å². The van der Waals surface area contributed by atoms with E-state index in [0.717, 1.165) is 12.8 Å². The number of aliphatic hydroxyl groups excluding tert-OH is 1. The van der Waals surface area contributed by atoms with E-state index in [1.54, 1.807) is 13.0 Å². The summed E-state index contributed by atoms with van der Waals surface area (Å²) < 4.78 is 0. The smallest absolute Gasteiger partial charge is 0.0891 e. The second-order valence-corrected chi connectivity index (χ2v) is 5.77. The third-order valence-corrected chi connectivity index (χ3v) is 3.71. The minimum Gasteiger partial charge on any atom is -0.513 e. The molecule has 2 heteroatoms. The van der Waals surface area contributed by atoms with Crippen molar-refractivity contribution in [2.75, 3.05) is 19.6 Å². The van der Waals surface area contributed by atoms with Crippen LogP contribution in [0, 0.1) is 5.92 Å². The van der Waals surface area contributed by atoms with E-state index in [1.165, 1.54) is 44.5 Å². The zero-order chi connectivity index (χ0) is 14.1. The normalized spacial score (nSPS) is 19.7. The Morgan fingerprint density at radius 3 is 2.58 bits per heavy atom. The Morgan fingerprint density at radius 1 is 1.32 bits per heavy atom. The van der Waals surface area contributed by atoms with Crippen LogP contribution in [0.4, 0.5) is 0 Å². The van der Waals surface area contributed by atoms with Gasteiger partial charge in [0.05, 0.1) is 5.76 Å². The number of aliphatic hydroxyl groups is 1. The van der Waals surface area contributed by atoms with Crippen LogP contribution in [0.5, 0.6) is 0 Å². The molecule has 1 saturated heterocycles. The van der Waals surface area contributed by atoms with Gasteiger partial charge in [-0.25, -0.2) is 0 Å². The first-order valence-corrected chi connectivity index (χ1v) is 7.50. The fourth-order valence-electron chi connectivity index (χ4n) is 2.60. The van der Waals surface area contributed by atoms with Gasteiger partial charge in [0.2, 0.25) is 0 Å². The summed E-state index contributed by atoms with van der Waals surface area (Å²) in [5.41, 5.74) is 1.36. The molecular weight excluding hydrogens is 234 g/mol. The highest BCUT2D eigenvalue weighted by molar-refractivity contribution is 5.16. The molecule has 0 unspecified atom stereocenters. The van der Waals surface area contributed by atoms with Crippen LogP contribution in [0.3, 0.4) is 0 Å². The number of nitrogens with zero attached hydrogens (tertiary/aromatic N) is 1. The minimum atomic E-state index is 0.367. The monoisotopic (exact) mass is 263 g/mol. The largest absolute Gasteiger partial charge is 0.513 e. The molecule has 2 nitrogen and oxygen atoms in total. The Bertz CT molecular complexity index is 320. The standard InChI is InChI=1S/C17H29NO/c1-4-7-17(9-8-16(3)19)14-15(2)10-13-18-11-5-6-12-18/h4,8-9,15,19H,1,5-7,10-14H2,2-3H3/b16-8+,17-9+/t15-/m1/s1. The lowest BCUT2D eigenvalue weighted by Crippen LogP contribution is -2.22. The van der Waals surface area contributed by atoms with E-state index < -0.39 is 0 Å². The van der Waals surface area contributed by atoms with Crippen molar-refractivity contribution >= 4 is 0 Å². The quantitative estimate of drug-likeness (QED) is 0.397. The van der Waals surface area contributed by atoms with Crippen LogP contribution in [-0.2, 0) is 0 Å². The lowest BCUT2D eigenvalue weighted by Gasteiger charge is -2.18. The van der Waals surface area contributed by atoms with Gasteiger partial charge in [-0.3, -0.25) is 0 Å². The van der Waals surface area contributed by atoms with Gasteiger partial charge in [-0.05, 0) is 70.7 Å². The van der Waals surface area contributed by atoms with Crippen LogP contribution in [0.1, 0.15) is 46.0 Å². The molecule has 1 atom stereocenters. The van der Waals surface area contributed by atoms with Crippen LogP contribution in [0.25, 0.3) is 0 Å². The number of rotatable bonds is 8. The van der Waals surface area contributed by atoms with Gasteiger partial charge >= 0.3 is 0 Å². The van der Waals surface area contributed by atoms with E-state index in [0.29, 0.717) is 11.7 Å². The Labute approximate surface area is 118 Å². The molecule has 1 rings (SSSR count). The van der Waals surface area contributed by atoms with Gasteiger partial charge in [0.25, 0.3) is 0 Å². The molecule has 0 aromatic carbocycles. The Balaban J connectivity index is 2.37. The van der Waals surface area contributed by atoms with Crippen LogP contribution >= 0.6 is 0 Å². The van der Waals surface area contributed by atoms with Crippen molar-refractivity contribution in [3.63, 3.8) is 0 Å². The summed E-state index contributed by atoms with van der Waals surface area (Å²) >= 11 is 0. The van der Waals surface area contributed by atoms with E-state index in [9.17, 15) is 5.11 Å². The summed E-state index contributed by atoms with van der Waals surface area (Å²) in [6.07, 6.45) is 11.8. The minimum absolute atomic E-state index is 0.367. The predicted molar refractivity (Wildman–Crippen MR) is 83.4 cm³/mol. The molecule has 1 N–H and O–H groups in total. The molecule has 0 aromatic rings. The maximum absolute atomic E-state index is 9.23. The van der Waals surface area contributed by atoms with Crippen molar-refractivity contribution < 1.29 is 5.11 Å². The maximum atomic E-state index is 9.23. The van der Waals surface area contributed by atoms with Crippen molar-refractivity contribution in [2.24, 2.45) is 5.92 Å². The Hall–Kier alpha value is -1.02. The number of hydrogen-bond acceptors (Lipinski definition) is 2. The fraction of sp³-hybridized carbons (Fsp3) is 0.647. The Kier molecular flexibility index (Phi) is 7.57. The lowest BCUT2D eigenvalue weighted by molar-refractivity contribution is 0.307. The SMILES string of the molecule is C=CC/C(=C\C=C(/C)O)C[C@H](C)CCN1CCCC1. The topological polar surface area (TPSA) is 23.5 Å². The molecule has 0 aromatic heterocycles. The van der Waals surface area contributed by atoms with Gasteiger partial charge in [0, 0.05) is 0 Å².